The van der Waals surface area contributed by atoms with Gasteiger partial charge in [0.1, 0.15) is 11.4 Å². The van der Waals surface area contributed by atoms with E-state index in [1.807, 2.05) is 26.8 Å². The van der Waals surface area contributed by atoms with Gasteiger partial charge in [0, 0.05) is 13.0 Å². The van der Waals surface area contributed by atoms with Gasteiger partial charge in [-0.1, -0.05) is 6.07 Å². The number of amides is 1. The van der Waals surface area contributed by atoms with Crippen molar-refractivity contribution in [2.24, 2.45) is 5.92 Å². The van der Waals surface area contributed by atoms with E-state index in [9.17, 15) is 9.59 Å². The molecule has 1 fully saturated rings. The van der Waals surface area contributed by atoms with Crippen molar-refractivity contribution in [3.8, 4) is 5.75 Å². The van der Waals surface area contributed by atoms with Crippen molar-refractivity contribution >= 4 is 17.7 Å². The molecule has 3 rings (SSSR count). The van der Waals surface area contributed by atoms with Crippen LogP contribution in [-0.4, -0.2) is 45.1 Å². The van der Waals surface area contributed by atoms with Gasteiger partial charge in [-0.2, -0.15) is 0 Å². The Morgan fingerprint density at radius 1 is 1.19 bits per heavy atom. The minimum Gasteiger partial charge on any atom is -0.491 e. The molecule has 2 atom stereocenters. The third-order valence-corrected chi connectivity index (χ3v) is 5.75. The van der Waals surface area contributed by atoms with Crippen LogP contribution in [0.1, 0.15) is 75.8 Å². The third-order valence-electron chi connectivity index (χ3n) is 5.75. The fraction of sp³-hybridized carbons (Fsp3) is 0.667. The number of hydrogen-bond acceptors (Lipinski definition) is 6. The van der Waals surface area contributed by atoms with E-state index in [0.29, 0.717) is 30.7 Å². The van der Waals surface area contributed by atoms with Crippen molar-refractivity contribution in [3.63, 3.8) is 0 Å². The Labute approximate surface area is 184 Å². The number of fused-ring (bicyclic) bond motifs is 1. The topological polar surface area (TPSA) is 83.1 Å². The SMILES string of the molecule is COCC(CC(=O)OC)c1cc(NC(=O)OC(C)(C)C)c2c(c1)C(C1CC1)CCCO2. The summed E-state index contributed by atoms with van der Waals surface area (Å²) < 4.78 is 21.9. The molecule has 7 heteroatoms. The van der Waals surface area contributed by atoms with Crippen LogP contribution in [0.2, 0.25) is 0 Å². The number of hydrogen-bond donors (Lipinski definition) is 1. The Morgan fingerprint density at radius 3 is 2.55 bits per heavy atom. The maximum Gasteiger partial charge on any atom is 0.412 e. The first-order chi connectivity index (χ1) is 14.7. The Bertz CT molecular complexity index is 796. The van der Waals surface area contributed by atoms with Crippen LogP contribution in [0.15, 0.2) is 12.1 Å². The summed E-state index contributed by atoms with van der Waals surface area (Å²) >= 11 is 0. The molecule has 0 radical (unpaired) electrons. The number of methoxy groups -OCH3 is 2. The molecule has 1 aliphatic carbocycles. The largest absolute Gasteiger partial charge is 0.491 e. The predicted molar refractivity (Wildman–Crippen MR) is 118 cm³/mol. The summed E-state index contributed by atoms with van der Waals surface area (Å²) in [6.07, 6.45) is 4.13. The number of nitrogens with one attached hydrogen (secondary N) is 1. The van der Waals surface area contributed by atoms with E-state index in [-0.39, 0.29) is 18.3 Å². The van der Waals surface area contributed by atoms with Gasteiger partial charge < -0.3 is 18.9 Å². The van der Waals surface area contributed by atoms with E-state index in [1.54, 1.807) is 7.11 Å². The van der Waals surface area contributed by atoms with E-state index >= 15 is 0 Å². The van der Waals surface area contributed by atoms with Crippen LogP contribution in [0.3, 0.4) is 0 Å². The maximum absolute atomic E-state index is 12.6. The summed E-state index contributed by atoms with van der Waals surface area (Å²) in [5, 5.41) is 2.90. The molecule has 2 aliphatic rings. The maximum atomic E-state index is 12.6. The van der Waals surface area contributed by atoms with E-state index in [2.05, 4.69) is 11.4 Å². The van der Waals surface area contributed by atoms with Crippen molar-refractivity contribution in [1.82, 2.24) is 0 Å². The summed E-state index contributed by atoms with van der Waals surface area (Å²) in [7, 11) is 3.00. The predicted octanol–water partition coefficient (Wildman–Crippen LogP) is 4.99. The van der Waals surface area contributed by atoms with Crippen LogP contribution in [0.25, 0.3) is 0 Å². The molecule has 1 N–H and O–H groups in total. The molecule has 1 aromatic carbocycles. The molecule has 1 amide bonds. The quantitative estimate of drug-likeness (QED) is 0.610. The minimum atomic E-state index is -0.612. The van der Waals surface area contributed by atoms with Crippen molar-refractivity contribution in [2.45, 2.75) is 70.3 Å². The molecule has 172 valence electrons. The lowest BCUT2D eigenvalue weighted by Crippen LogP contribution is -2.27. The standard InChI is InChI=1S/C24H35NO6/c1-24(2,3)31-23(27)25-20-12-16(17(14-28-4)13-21(26)29-5)11-19-18(15-8-9-15)7-6-10-30-22(19)20/h11-12,15,17-18H,6-10,13-14H2,1-5H3,(H,25,27). The molecule has 1 saturated carbocycles. The van der Waals surface area contributed by atoms with Crippen LogP contribution in [0.5, 0.6) is 5.75 Å². The Hall–Kier alpha value is -2.28. The lowest BCUT2D eigenvalue weighted by atomic mass is 9.85. The summed E-state index contributed by atoms with van der Waals surface area (Å²) in [5.74, 6) is 1.27. The first-order valence-electron chi connectivity index (χ1n) is 11.1. The number of carbonyl (C=O) groups is 2. The minimum absolute atomic E-state index is 0.190. The molecule has 1 aromatic rings. The Morgan fingerprint density at radius 2 is 1.94 bits per heavy atom. The van der Waals surface area contributed by atoms with Gasteiger partial charge in [-0.3, -0.25) is 10.1 Å². The van der Waals surface area contributed by atoms with Gasteiger partial charge in [0.25, 0.3) is 0 Å². The van der Waals surface area contributed by atoms with E-state index in [0.717, 1.165) is 29.7 Å². The van der Waals surface area contributed by atoms with E-state index < -0.39 is 11.7 Å². The van der Waals surface area contributed by atoms with Crippen molar-refractivity contribution in [1.29, 1.82) is 0 Å². The molecule has 1 aliphatic heterocycles. The number of anilines is 1. The van der Waals surface area contributed by atoms with Gasteiger partial charge in [-0.05, 0) is 75.5 Å². The normalized spacial score (nSPS) is 19.5. The summed E-state index contributed by atoms with van der Waals surface area (Å²) in [5.41, 5.74) is 2.00. The fourth-order valence-electron chi connectivity index (χ4n) is 4.23. The molecular formula is C24H35NO6. The summed E-state index contributed by atoms with van der Waals surface area (Å²) in [4.78, 5) is 24.6. The lowest BCUT2D eigenvalue weighted by molar-refractivity contribution is -0.141. The second-order valence-electron chi connectivity index (χ2n) is 9.48. The number of carbonyl (C=O) groups excluding carboxylic acids is 2. The highest BCUT2D eigenvalue weighted by atomic mass is 16.6. The molecule has 0 bridgehead atoms. The van der Waals surface area contributed by atoms with Crippen molar-refractivity contribution in [2.75, 3.05) is 32.8 Å². The van der Waals surface area contributed by atoms with Crippen LogP contribution in [-0.2, 0) is 19.0 Å². The Balaban J connectivity index is 2.02. The molecule has 31 heavy (non-hydrogen) atoms. The summed E-state index contributed by atoms with van der Waals surface area (Å²) in [6.45, 7) is 6.47. The lowest BCUT2D eigenvalue weighted by Gasteiger charge is -2.25. The Kier molecular flexibility index (Phi) is 7.46. The van der Waals surface area contributed by atoms with Gasteiger partial charge in [-0.25, -0.2) is 4.79 Å². The smallest absolute Gasteiger partial charge is 0.412 e. The van der Waals surface area contributed by atoms with Crippen LogP contribution in [0, 0.1) is 5.92 Å². The fourth-order valence-corrected chi connectivity index (χ4v) is 4.23. The monoisotopic (exact) mass is 433 g/mol. The molecular weight excluding hydrogens is 398 g/mol. The number of esters is 1. The van der Waals surface area contributed by atoms with E-state index in [1.165, 1.54) is 20.0 Å². The zero-order chi connectivity index (χ0) is 22.6. The second kappa shape index (κ2) is 9.90. The molecule has 1 heterocycles. The van der Waals surface area contributed by atoms with Crippen LogP contribution < -0.4 is 10.1 Å². The number of ether oxygens (including phenoxy) is 4. The van der Waals surface area contributed by atoms with Crippen LogP contribution in [0.4, 0.5) is 10.5 Å². The van der Waals surface area contributed by atoms with E-state index in [4.69, 9.17) is 18.9 Å². The van der Waals surface area contributed by atoms with Crippen molar-refractivity contribution < 1.29 is 28.5 Å². The highest BCUT2D eigenvalue weighted by Gasteiger charge is 2.36. The molecule has 0 saturated heterocycles. The third kappa shape index (κ3) is 6.35. The molecule has 7 nitrogen and oxygen atoms in total. The zero-order valence-corrected chi connectivity index (χ0v) is 19.3. The number of rotatable bonds is 7. The highest BCUT2D eigenvalue weighted by molar-refractivity contribution is 5.88. The average molecular weight is 434 g/mol. The first kappa shape index (κ1) is 23.4. The molecule has 0 spiro atoms. The average Bonchev–Trinajstić information content (AvgIpc) is 3.52. The highest BCUT2D eigenvalue weighted by Crippen LogP contribution is 2.51. The summed E-state index contributed by atoms with van der Waals surface area (Å²) in [6, 6.07) is 4.02. The molecule has 2 unspecified atom stereocenters. The van der Waals surface area contributed by atoms with Gasteiger partial charge in [0.15, 0.2) is 0 Å². The first-order valence-corrected chi connectivity index (χ1v) is 11.1. The van der Waals surface area contributed by atoms with Gasteiger partial charge in [-0.15, -0.1) is 0 Å². The van der Waals surface area contributed by atoms with Crippen molar-refractivity contribution in [3.05, 3.63) is 23.3 Å². The van der Waals surface area contributed by atoms with Gasteiger partial charge in [0.05, 0.1) is 32.4 Å². The van der Waals surface area contributed by atoms with Gasteiger partial charge >= 0.3 is 12.1 Å². The number of benzene rings is 1. The molecule has 0 aromatic heterocycles. The second-order valence-corrected chi connectivity index (χ2v) is 9.48. The zero-order valence-electron chi connectivity index (χ0n) is 19.3. The van der Waals surface area contributed by atoms with Gasteiger partial charge in [0.2, 0.25) is 0 Å². The van der Waals surface area contributed by atoms with Crippen LogP contribution >= 0.6 is 0 Å².